The fraction of sp³-hybridized carbons (Fsp3) is 0.500. The standard InChI is InChI=1S/C12H16INO3S/c1-3-4-5-8(12(16)17)14-11(15)10-9(13)7(2)6-18-10/h6,8H,3-5H2,1-2H3,(H,14,15)(H,16,17). The van der Waals surface area contributed by atoms with Gasteiger partial charge in [0.05, 0.1) is 0 Å². The number of unbranched alkanes of at least 4 members (excludes halogenated alkanes) is 1. The summed E-state index contributed by atoms with van der Waals surface area (Å²) >= 11 is 3.46. The Morgan fingerprint density at radius 1 is 1.56 bits per heavy atom. The second-order valence-corrected chi connectivity index (χ2v) is 6.03. The largest absolute Gasteiger partial charge is 0.480 e. The number of nitrogens with one attached hydrogen (secondary N) is 1. The number of amides is 1. The number of rotatable bonds is 6. The highest BCUT2D eigenvalue weighted by Gasteiger charge is 2.22. The van der Waals surface area contributed by atoms with Gasteiger partial charge < -0.3 is 10.4 Å². The van der Waals surface area contributed by atoms with E-state index in [1.165, 1.54) is 11.3 Å². The number of thiophene rings is 1. The van der Waals surface area contributed by atoms with Crippen molar-refractivity contribution >= 4 is 45.8 Å². The van der Waals surface area contributed by atoms with Gasteiger partial charge in [-0.1, -0.05) is 19.8 Å². The lowest BCUT2D eigenvalue weighted by Gasteiger charge is -2.13. The smallest absolute Gasteiger partial charge is 0.326 e. The Kier molecular flexibility index (Phi) is 6.07. The van der Waals surface area contributed by atoms with Crippen molar-refractivity contribution in [3.63, 3.8) is 0 Å². The molecule has 0 saturated carbocycles. The van der Waals surface area contributed by atoms with Crippen molar-refractivity contribution < 1.29 is 14.7 Å². The molecule has 4 nitrogen and oxygen atoms in total. The minimum atomic E-state index is -0.972. The molecular formula is C12H16INO3S. The summed E-state index contributed by atoms with van der Waals surface area (Å²) in [6.45, 7) is 3.92. The van der Waals surface area contributed by atoms with Crippen LogP contribution < -0.4 is 5.32 Å². The van der Waals surface area contributed by atoms with Crippen molar-refractivity contribution in [1.82, 2.24) is 5.32 Å². The minimum Gasteiger partial charge on any atom is -0.480 e. The first kappa shape index (κ1) is 15.4. The van der Waals surface area contributed by atoms with E-state index >= 15 is 0 Å². The molecule has 18 heavy (non-hydrogen) atoms. The molecule has 0 spiro atoms. The number of carbonyl (C=O) groups is 2. The average molecular weight is 381 g/mol. The molecule has 0 bridgehead atoms. The number of aryl methyl sites for hydroxylation is 1. The number of hydrogen-bond acceptors (Lipinski definition) is 3. The van der Waals surface area contributed by atoms with Gasteiger partial charge in [0.25, 0.3) is 5.91 Å². The van der Waals surface area contributed by atoms with Crippen LogP contribution in [0.1, 0.15) is 41.4 Å². The summed E-state index contributed by atoms with van der Waals surface area (Å²) in [6.07, 6.45) is 2.17. The van der Waals surface area contributed by atoms with Gasteiger partial charge in [0.15, 0.2) is 0 Å². The maximum atomic E-state index is 12.0. The summed E-state index contributed by atoms with van der Waals surface area (Å²) in [4.78, 5) is 23.6. The van der Waals surface area contributed by atoms with Gasteiger partial charge in [0.2, 0.25) is 0 Å². The first-order valence-electron chi connectivity index (χ1n) is 5.74. The fourth-order valence-corrected chi connectivity index (χ4v) is 3.31. The van der Waals surface area contributed by atoms with Crippen LogP contribution in [-0.2, 0) is 4.79 Å². The van der Waals surface area contributed by atoms with Crippen LogP contribution in [0, 0.1) is 10.5 Å². The lowest BCUT2D eigenvalue weighted by atomic mass is 10.1. The molecule has 0 aliphatic heterocycles. The number of halogens is 1. The lowest BCUT2D eigenvalue weighted by Crippen LogP contribution is -2.40. The molecule has 0 fully saturated rings. The van der Waals surface area contributed by atoms with Crippen LogP contribution in [0.5, 0.6) is 0 Å². The van der Waals surface area contributed by atoms with E-state index in [1.807, 2.05) is 19.2 Å². The van der Waals surface area contributed by atoms with E-state index in [4.69, 9.17) is 5.11 Å². The number of aliphatic carboxylic acids is 1. The highest BCUT2D eigenvalue weighted by Crippen LogP contribution is 2.23. The van der Waals surface area contributed by atoms with Crippen LogP contribution >= 0.6 is 33.9 Å². The highest BCUT2D eigenvalue weighted by atomic mass is 127. The van der Waals surface area contributed by atoms with E-state index in [0.717, 1.165) is 22.0 Å². The van der Waals surface area contributed by atoms with Crippen molar-refractivity contribution in [2.24, 2.45) is 0 Å². The van der Waals surface area contributed by atoms with Crippen LogP contribution in [0.3, 0.4) is 0 Å². The molecule has 0 saturated heterocycles. The minimum absolute atomic E-state index is 0.291. The normalized spacial score (nSPS) is 12.2. The van der Waals surface area contributed by atoms with Crippen LogP contribution in [0.2, 0.25) is 0 Å². The van der Waals surface area contributed by atoms with E-state index in [2.05, 4.69) is 27.9 Å². The van der Waals surface area contributed by atoms with Gasteiger partial charge in [-0.25, -0.2) is 4.79 Å². The number of hydrogen-bond donors (Lipinski definition) is 2. The maximum Gasteiger partial charge on any atom is 0.326 e. The van der Waals surface area contributed by atoms with Crippen LogP contribution in [-0.4, -0.2) is 23.0 Å². The van der Waals surface area contributed by atoms with E-state index < -0.39 is 12.0 Å². The van der Waals surface area contributed by atoms with Gasteiger partial charge in [-0.15, -0.1) is 11.3 Å². The molecule has 1 heterocycles. The molecule has 1 aromatic heterocycles. The van der Waals surface area contributed by atoms with E-state index in [0.29, 0.717) is 11.3 Å². The number of carbonyl (C=O) groups excluding carboxylic acids is 1. The molecule has 6 heteroatoms. The molecule has 0 radical (unpaired) electrons. The van der Waals surface area contributed by atoms with Crippen LogP contribution in [0.15, 0.2) is 5.38 Å². The van der Waals surface area contributed by atoms with Crippen molar-refractivity contribution in [3.05, 3.63) is 19.4 Å². The van der Waals surface area contributed by atoms with E-state index in [1.54, 1.807) is 0 Å². The molecule has 0 aliphatic rings. The average Bonchev–Trinajstić information content (AvgIpc) is 2.65. The summed E-state index contributed by atoms with van der Waals surface area (Å²) in [5.41, 5.74) is 1.05. The second kappa shape index (κ2) is 7.08. The van der Waals surface area contributed by atoms with Gasteiger partial charge in [-0.3, -0.25) is 4.79 Å². The molecule has 1 aromatic rings. The van der Waals surface area contributed by atoms with Gasteiger partial charge in [-0.2, -0.15) is 0 Å². The zero-order valence-electron chi connectivity index (χ0n) is 10.3. The summed E-state index contributed by atoms with van der Waals surface area (Å²) in [5, 5.41) is 13.5. The lowest BCUT2D eigenvalue weighted by molar-refractivity contribution is -0.139. The Balaban J connectivity index is 2.72. The first-order chi connectivity index (χ1) is 8.47. The maximum absolute atomic E-state index is 12.0. The second-order valence-electron chi connectivity index (χ2n) is 4.07. The third kappa shape index (κ3) is 3.94. The molecule has 0 aromatic carbocycles. The van der Waals surface area contributed by atoms with Crippen molar-refractivity contribution in [1.29, 1.82) is 0 Å². The molecular weight excluding hydrogens is 365 g/mol. The van der Waals surface area contributed by atoms with Crippen LogP contribution in [0.25, 0.3) is 0 Å². The molecule has 100 valence electrons. The third-order valence-electron chi connectivity index (χ3n) is 2.56. The van der Waals surface area contributed by atoms with E-state index in [-0.39, 0.29) is 5.91 Å². The summed E-state index contributed by atoms with van der Waals surface area (Å²) in [6, 6.07) is -0.796. The fourth-order valence-electron chi connectivity index (χ4n) is 1.47. The summed E-state index contributed by atoms with van der Waals surface area (Å²) in [7, 11) is 0. The Labute approximate surface area is 124 Å². The first-order valence-corrected chi connectivity index (χ1v) is 7.70. The van der Waals surface area contributed by atoms with E-state index in [9.17, 15) is 9.59 Å². The van der Waals surface area contributed by atoms with Gasteiger partial charge in [-0.05, 0) is 46.9 Å². The van der Waals surface area contributed by atoms with Crippen molar-refractivity contribution in [3.8, 4) is 0 Å². The topological polar surface area (TPSA) is 66.4 Å². The van der Waals surface area contributed by atoms with Gasteiger partial charge >= 0.3 is 5.97 Å². The molecule has 1 atom stereocenters. The zero-order valence-corrected chi connectivity index (χ0v) is 13.3. The third-order valence-corrected chi connectivity index (χ3v) is 5.41. The number of carboxylic acid groups (broad SMARTS) is 1. The Morgan fingerprint density at radius 3 is 2.67 bits per heavy atom. The predicted octanol–water partition coefficient (Wildman–Crippen LogP) is 3.03. The Hall–Kier alpha value is -0.630. The highest BCUT2D eigenvalue weighted by molar-refractivity contribution is 14.1. The molecule has 2 N–H and O–H groups in total. The van der Waals surface area contributed by atoms with Crippen LogP contribution in [0.4, 0.5) is 0 Å². The molecule has 1 rings (SSSR count). The summed E-state index contributed by atoms with van der Waals surface area (Å²) < 4.78 is 0.898. The monoisotopic (exact) mass is 381 g/mol. The van der Waals surface area contributed by atoms with Gasteiger partial charge in [0, 0.05) is 3.57 Å². The Bertz CT molecular complexity index is 445. The predicted molar refractivity (Wildman–Crippen MR) is 80.2 cm³/mol. The number of carboxylic acids is 1. The SMILES string of the molecule is CCCCC(NC(=O)c1scc(C)c1I)C(=O)O. The van der Waals surface area contributed by atoms with Crippen molar-refractivity contribution in [2.75, 3.05) is 0 Å². The quantitative estimate of drug-likeness (QED) is 0.745. The Morgan fingerprint density at radius 2 is 2.22 bits per heavy atom. The molecule has 0 aliphatic carbocycles. The summed E-state index contributed by atoms with van der Waals surface area (Å²) in [5.74, 6) is -1.26. The zero-order chi connectivity index (χ0) is 13.7. The van der Waals surface area contributed by atoms with Gasteiger partial charge in [0.1, 0.15) is 10.9 Å². The molecule has 1 unspecified atom stereocenters. The van der Waals surface area contributed by atoms with Crippen molar-refractivity contribution in [2.45, 2.75) is 39.2 Å². The molecule has 1 amide bonds.